The topological polar surface area (TPSA) is 90.4 Å². The highest BCUT2D eigenvalue weighted by molar-refractivity contribution is 5.98. The van der Waals surface area contributed by atoms with Crippen molar-refractivity contribution in [3.63, 3.8) is 0 Å². The molecule has 0 spiro atoms. The summed E-state index contributed by atoms with van der Waals surface area (Å²) < 4.78 is 4.54. The normalized spacial score (nSPS) is 9.38. The molecule has 5 heteroatoms. The number of para-hydroxylation sites is 1. The van der Waals surface area contributed by atoms with Crippen molar-refractivity contribution in [3.05, 3.63) is 23.8 Å². The Labute approximate surface area is 75.6 Å². The minimum Gasteiger partial charge on any atom is -0.465 e. The molecule has 1 aromatic rings. The number of benzene rings is 1. The van der Waals surface area contributed by atoms with Gasteiger partial charge in [0.15, 0.2) is 0 Å². The maximum Gasteiger partial charge on any atom is 0.340 e. The third-order valence-corrected chi connectivity index (χ3v) is 1.65. The van der Waals surface area contributed by atoms with E-state index in [0.29, 0.717) is 16.9 Å². The lowest BCUT2D eigenvalue weighted by molar-refractivity contribution is 0.0602. The smallest absolute Gasteiger partial charge is 0.340 e. The van der Waals surface area contributed by atoms with Gasteiger partial charge in [-0.1, -0.05) is 6.07 Å². The molecule has 0 fully saturated rings. The van der Waals surface area contributed by atoms with Crippen molar-refractivity contribution in [2.45, 2.75) is 0 Å². The van der Waals surface area contributed by atoms with E-state index in [1.54, 1.807) is 18.2 Å². The predicted octanol–water partition coefficient (Wildman–Crippen LogP) is 0.341. The Kier molecular flexibility index (Phi) is 2.71. The van der Waals surface area contributed by atoms with Gasteiger partial charge in [0.25, 0.3) is 0 Å². The minimum absolute atomic E-state index is 0.324. The summed E-state index contributed by atoms with van der Waals surface area (Å²) in [5.74, 6) is 4.73. The Morgan fingerprint density at radius 2 is 2.23 bits per heavy atom. The van der Waals surface area contributed by atoms with Crippen molar-refractivity contribution in [2.24, 2.45) is 5.84 Å². The van der Waals surface area contributed by atoms with Crippen molar-refractivity contribution in [2.75, 3.05) is 18.3 Å². The minimum atomic E-state index is -0.472. The Morgan fingerprint density at radius 3 is 2.77 bits per heavy atom. The number of nitrogens with one attached hydrogen (secondary N) is 1. The number of rotatable bonds is 2. The fraction of sp³-hybridized carbons (Fsp3) is 0.125. The number of methoxy groups -OCH3 is 1. The van der Waals surface area contributed by atoms with E-state index in [0.717, 1.165) is 0 Å². The molecule has 0 heterocycles. The van der Waals surface area contributed by atoms with Gasteiger partial charge in [0.05, 0.1) is 24.0 Å². The van der Waals surface area contributed by atoms with E-state index < -0.39 is 5.97 Å². The summed E-state index contributed by atoms with van der Waals surface area (Å²) in [7, 11) is 1.30. The largest absolute Gasteiger partial charge is 0.465 e. The summed E-state index contributed by atoms with van der Waals surface area (Å²) in [5, 5.41) is 0. The van der Waals surface area contributed by atoms with Gasteiger partial charge in [-0.25, -0.2) is 4.79 Å². The highest BCUT2D eigenvalue weighted by Gasteiger charge is 2.12. The lowest BCUT2D eigenvalue weighted by Gasteiger charge is -2.08. The van der Waals surface area contributed by atoms with Crippen LogP contribution in [0.1, 0.15) is 10.4 Å². The maximum atomic E-state index is 11.2. The van der Waals surface area contributed by atoms with Crippen LogP contribution in [-0.4, -0.2) is 13.1 Å². The molecule has 13 heavy (non-hydrogen) atoms. The monoisotopic (exact) mass is 181 g/mol. The Balaban J connectivity index is 3.20. The van der Waals surface area contributed by atoms with Crippen molar-refractivity contribution >= 4 is 17.3 Å². The molecule has 0 aliphatic rings. The number of carbonyl (C=O) groups is 1. The number of nitrogen functional groups attached to an aromatic ring is 2. The van der Waals surface area contributed by atoms with Gasteiger partial charge in [-0.3, -0.25) is 5.84 Å². The quantitative estimate of drug-likeness (QED) is 0.265. The fourth-order valence-corrected chi connectivity index (χ4v) is 1.01. The highest BCUT2D eigenvalue weighted by Crippen LogP contribution is 2.22. The van der Waals surface area contributed by atoms with Gasteiger partial charge in [0.1, 0.15) is 0 Å². The molecule has 5 nitrogen and oxygen atoms in total. The Bertz CT molecular complexity index is 325. The van der Waals surface area contributed by atoms with E-state index in [-0.39, 0.29) is 0 Å². The third kappa shape index (κ3) is 1.70. The third-order valence-electron chi connectivity index (χ3n) is 1.65. The first-order valence-corrected chi connectivity index (χ1v) is 3.64. The fourth-order valence-electron chi connectivity index (χ4n) is 1.01. The molecule has 0 aliphatic carbocycles. The zero-order valence-electron chi connectivity index (χ0n) is 7.20. The average molecular weight is 181 g/mol. The van der Waals surface area contributed by atoms with E-state index in [9.17, 15) is 4.79 Å². The number of anilines is 2. The SMILES string of the molecule is COC(=O)c1cccc(N)c1NN. The first-order chi connectivity index (χ1) is 6.20. The van der Waals surface area contributed by atoms with Crippen LogP contribution in [0, 0.1) is 0 Å². The maximum absolute atomic E-state index is 11.2. The number of hydrazine groups is 1. The molecule has 0 amide bonds. The van der Waals surface area contributed by atoms with Gasteiger partial charge in [-0.15, -0.1) is 0 Å². The van der Waals surface area contributed by atoms with Crippen molar-refractivity contribution in [1.29, 1.82) is 0 Å². The number of carbonyl (C=O) groups excluding carboxylic acids is 1. The average Bonchev–Trinajstić information content (AvgIpc) is 2.16. The first-order valence-electron chi connectivity index (χ1n) is 3.64. The van der Waals surface area contributed by atoms with E-state index in [1.165, 1.54) is 7.11 Å². The molecule has 0 atom stereocenters. The van der Waals surface area contributed by atoms with E-state index in [2.05, 4.69) is 10.2 Å². The van der Waals surface area contributed by atoms with Crippen LogP contribution in [0.4, 0.5) is 11.4 Å². The van der Waals surface area contributed by atoms with E-state index in [4.69, 9.17) is 11.6 Å². The van der Waals surface area contributed by atoms with E-state index in [1.807, 2.05) is 0 Å². The molecule has 1 aromatic carbocycles. The zero-order valence-corrected chi connectivity index (χ0v) is 7.20. The molecular weight excluding hydrogens is 170 g/mol. The number of hydrogen-bond donors (Lipinski definition) is 3. The van der Waals surface area contributed by atoms with Crippen LogP contribution < -0.4 is 17.0 Å². The van der Waals surface area contributed by atoms with Crippen LogP contribution in [0.5, 0.6) is 0 Å². The zero-order chi connectivity index (χ0) is 9.84. The Morgan fingerprint density at radius 1 is 1.54 bits per heavy atom. The van der Waals surface area contributed by atoms with Gasteiger partial charge < -0.3 is 15.9 Å². The summed E-state index contributed by atoms with van der Waals surface area (Å²) >= 11 is 0. The van der Waals surface area contributed by atoms with Gasteiger partial charge in [0, 0.05) is 0 Å². The second-order valence-corrected chi connectivity index (χ2v) is 2.41. The van der Waals surface area contributed by atoms with Crippen LogP contribution in [-0.2, 0) is 4.74 Å². The van der Waals surface area contributed by atoms with Crippen LogP contribution in [0.15, 0.2) is 18.2 Å². The number of ether oxygens (including phenoxy) is 1. The van der Waals surface area contributed by atoms with Crippen LogP contribution in [0.3, 0.4) is 0 Å². The lowest BCUT2D eigenvalue weighted by atomic mass is 10.1. The molecule has 70 valence electrons. The van der Waals surface area contributed by atoms with Crippen LogP contribution in [0.2, 0.25) is 0 Å². The van der Waals surface area contributed by atoms with Gasteiger partial charge in [-0.05, 0) is 12.1 Å². The number of esters is 1. The standard InChI is InChI=1S/C8H11N3O2/c1-13-8(12)5-3-2-4-6(9)7(5)11-10/h2-4,11H,9-10H2,1H3. The summed E-state index contributed by atoms with van der Waals surface area (Å²) in [6, 6.07) is 4.88. The summed E-state index contributed by atoms with van der Waals surface area (Å²) in [4.78, 5) is 11.2. The van der Waals surface area contributed by atoms with Gasteiger partial charge in [-0.2, -0.15) is 0 Å². The van der Waals surface area contributed by atoms with Crippen molar-refractivity contribution in [3.8, 4) is 0 Å². The molecule has 0 bridgehead atoms. The van der Waals surface area contributed by atoms with Crippen molar-refractivity contribution in [1.82, 2.24) is 0 Å². The molecule has 0 unspecified atom stereocenters. The molecule has 5 N–H and O–H groups in total. The molecule has 0 saturated heterocycles. The van der Waals surface area contributed by atoms with Crippen LogP contribution >= 0.6 is 0 Å². The molecule has 0 saturated carbocycles. The van der Waals surface area contributed by atoms with Crippen LogP contribution in [0.25, 0.3) is 0 Å². The van der Waals surface area contributed by atoms with Gasteiger partial charge >= 0.3 is 5.97 Å². The summed E-state index contributed by atoms with van der Waals surface area (Å²) in [5.41, 5.74) is 9.04. The highest BCUT2D eigenvalue weighted by atomic mass is 16.5. The Hall–Kier alpha value is -1.75. The number of nitrogens with two attached hydrogens (primary N) is 2. The number of hydrogen-bond acceptors (Lipinski definition) is 5. The molecule has 1 rings (SSSR count). The molecular formula is C8H11N3O2. The van der Waals surface area contributed by atoms with Gasteiger partial charge in [0.2, 0.25) is 0 Å². The molecule has 0 aliphatic heterocycles. The molecule has 0 radical (unpaired) electrons. The first kappa shape index (κ1) is 9.34. The van der Waals surface area contributed by atoms with Crippen molar-refractivity contribution < 1.29 is 9.53 Å². The second kappa shape index (κ2) is 3.77. The predicted molar refractivity (Wildman–Crippen MR) is 50.0 cm³/mol. The summed E-state index contributed by atoms with van der Waals surface area (Å²) in [6.07, 6.45) is 0. The second-order valence-electron chi connectivity index (χ2n) is 2.41. The summed E-state index contributed by atoms with van der Waals surface area (Å²) in [6.45, 7) is 0. The molecule has 0 aromatic heterocycles. The lowest BCUT2D eigenvalue weighted by Crippen LogP contribution is -2.14. The van der Waals surface area contributed by atoms with E-state index >= 15 is 0 Å².